The molecule has 3 aromatic rings. The molecular weight excluding hydrogens is 394 g/mol. The van der Waals surface area contributed by atoms with Crippen LogP contribution in [0.3, 0.4) is 0 Å². The van der Waals surface area contributed by atoms with Crippen molar-refractivity contribution in [3.8, 4) is 0 Å². The van der Waals surface area contributed by atoms with Gasteiger partial charge in [0.2, 0.25) is 16.0 Å². The summed E-state index contributed by atoms with van der Waals surface area (Å²) in [5.74, 6) is 0.801. The van der Waals surface area contributed by atoms with Gasteiger partial charge in [-0.2, -0.15) is 4.31 Å². The fraction of sp³-hybridized carbons (Fsp3) is 0.316. The highest BCUT2D eigenvalue weighted by Crippen LogP contribution is 2.27. The maximum absolute atomic E-state index is 13.1. The lowest BCUT2D eigenvalue weighted by Gasteiger charge is -2.34. The molecule has 9 nitrogen and oxygen atoms in total. The second-order valence-electron chi connectivity index (χ2n) is 7.06. The Kier molecular flexibility index (Phi) is 4.75. The van der Waals surface area contributed by atoms with Crippen LogP contribution in [-0.2, 0) is 17.1 Å². The molecule has 152 valence electrons. The first kappa shape index (κ1) is 19.3. The van der Waals surface area contributed by atoms with Crippen molar-refractivity contribution in [2.45, 2.75) is 11.8 Å². The third-order valence-corrected chi connectivity index (χ3v) is 7.33. The van der Waals surface area contributed by atoms with Crippen LogP contribution in [0.1, 0.15) is 5.56 Å². The number of hydrogen-bond donors (Lipinski definition) is 0. The molecule has 1 fully saturated rings. The highest BCUT2D eigenvalue weighted by atomic mass is 32.2. The van der Waals surface area contributed by atoms with Gasteiger partial charge in [-0.05, 0) is 24.6 Å². The second-order valence-corrected chi connectivity index (χ2v) is 8.96. The molecule has 0 radical (unpaired) electrons. The monoisotopic (exact) mass is 415 g/mol. The third-order valence-electron chi connectivity index (χ3n) is 5.29. The number of piperazine rings is 1. The molecular formula is C19H21N5O4S. The van der Waals surface area contributed by atoms with Crippen LogP contribution in [-0.4, -0.2) is 53.4 Å². The van der Waals surface area contributed by atoms with E-state index in [0.29, 0.717) is 18.7 Å². The van der Waals surface area contributed by atoms with Crippen molar-refractivity contribution in [2.75, 3.05) is 31.1 Å². The predicted octanol–water partition coefficient (Wildman–Crippen LogP) is 2.30. The maximum atomic E-state index is 13.1. The number of nitrogens with zero attached hydrogens (tertiary/aromatic N) is 5. The number of aromatic nitrogens is 2. The molecule has 0 amide bonds. The smallest absolute Gasteiger partial charge is 0.270 e. The molecule has 10 heteroatoms. The van der Waals surface area contributed by atoms with E-state index in [9.17, 15) is 18.5 Å². The van der Waals surface area contributed by atoms with Gasteiger partial charge in [0.05, 0.1) is 20.9 Å². The Morgan fingerprint density at radius 2 is 1.76 bits per heavy atom. The molecule has 0 unspecified atom stereocenters. The van der Waals surface area contributed by atoms with Crippen LogP contribution in [0.4, 0.5) is 11.6 Å². The van der Waals surface area contributed by atoms with Gasteiger partial charge in [-0.25, -0.2) is 13.4 Å². The Balaban J connectivity index is 1.57. The first-order chi connectivity index (χ1) is 13.8. The molecule has 1 saturated heterocycles. The van der Waals surface area contributed by atoms with Crippen molar-refractivity contribution in [1.82, 2.24) is 13.9 Å². The second kappa shape index (κ2) is 7.12. The van der Waals surface area contributed by atoms with Crippen LogP contribution in [0.25, 0.3) is 11.0 Å². The van der Waals surface area contributed by atoms with Gasteiger partial charge in [-0.15, -0.1) is 0 Å². The Labute approximate surface area is 168 Å². The molecule has 0 saturated carbocycles. The van der Waals surface area contributed by atoms with Crippen LogP contribution in [0.2, 0.25) is 0 Å². The molecule has 1 aromatic heterocycles. The third kappa shape index (κ3) is 3.34. The average molecular weight is 415 g/mol. The minimum atomic E-state index is -3.81. The molecule has 1 aliphatic heterocycles. The highest BCUT2D eigenvalue weighted by molar-refractivity contribution is 7.89. The number of imidazole rings is 1. The lowest BCUT2D eigenvalue weighted by Crippen LogP contribution is -2.49. The maximum Gasteiger partial charge on any atom is 0.270 e. The number of nitro benzene ring substituents is 1. The molecule has 0 bridgehead atoms. The molecule has 4 rings (SSSR count). The zero-order chi connectivity index (χ0) is 20.8. The summed E-state index contributed by atoms with van der Waals surface area (Å²) in [7, 11) is -1.87. The van der Waals surface area contributed by atoms with Crippen LogP contribution >= 0.6 is 0 Å². The molecule has 0 N–H and O–H groups in total. The summed E-state index contributed by atoms with van der Waals surface area (Å²) in [5, 5.41) is 11.1. The van der Waals surface area contributed by atoms with Crippen LogP contribution in [0, 0.1) is 17.0 Å². The fourth-order valence-electron chi connectivity index (χ4n) is 3.66. The number of rotatable bonds is 4. The van der Waals surface area contributed by atoms with Gasteiger partial charge < -0.3 is 9.47 Å². The van der Waals surface area contributed by atoms with Gasteiger partial charge in [-0.1, -0.05) is 18.2 Å². The lowest BCUT2D eigenvalue weighted by molar-refractivity contribution is -0.385. The van der Waals surface area contributed by atoms with E-state index in [2.05, 4.69) is 9.88 Å². The first-order valence-electron chi connectivity index (χ1n) is 9.20. The van der Waals surface area contributed by atoms with E-state index in [1.165, 1.54) is 16.4 Å². The molecule has 2 aromatic carbocycles. The molecule has 1 aliphatic rings. The molecule has 2 heterocycles. The predicted molar refractivity (Wildman–Crippen MR) is 110 cm³/mol. The van der Waals surface area contributed by atoms with E-state index in [0.717, 1.165) is 23.0 Å². The first-order valence-corrected chi connectivity index (χ1v) is 10.6. The standard InChI is InChI=1S/C19H21N5O4S/c1-14-7-8-15(24(25)26)13-18(14)29(27,28)23-11-9-22(10-12-23)19-20-16-5-3-4-6-17(16)21(19)2/h3-8,13H,9-12H2,1-2H3. The Hall–Kier alpha value is -2.98. The number of anilines is 1. The summed E-state index contributed by atoms with van der Waals surface area (Å²) < 4.78 is 29.6. The summed E-state index contributed by atoms with van der Waals surface area (Å²) >= 11 is 0. The van der Waals surface area contributed by atoms with Crippen molar-refractivity contribution < 1.29 is 13.3 Å². The number of hydrogen-bond acceptors (Lipinski definition) is 6. The number of sulfonamides is 1. The largest absolute Gasteiger partial charge is 0.340 e. The minimum absolute atomic E-state index is 0.0112. The van der Waals surface area contributed by atoms with Crippen molar-refractivity contribution in [1.29, 1.82) is 0 Å². The van der Waals surface area contributed by atoms with Gasteiger partial charge in [0.15, 0.2) is 0 Å². The summed E-state index contributed by atoms with van der Waals surface area (Å²) in [6.07, 6.45) is 0. The number of aryl methyl sites for hydroxylation is 2. The van der Waals surface area contributed by atoms with Crippen molar-refractivity contribution in [3.63, 3.8) is 0 Å². The Bertz CT molecular complexity index is 1200. The number of nitro groups is 1. The summed E-state index contributed by atoms with van der Waals surface area (Å²) in [6.45, 7) is 3.20. The quantitative estimate of drug-likeness (QED) is 0.479. The topological polar surface area (TPSA) is 102 Å². The summed E-state index contributed by atoms with van der Waals surface area (Å²) in [5.41, 5.74) is 2.18. The molecule has 0 aliphatic carbocycles. The van der Waals surface area contributed by atoms with Gasteiger partial charge in [0.1, 0.15) is 0 Å². The van der Waals surface area contributed by atoms with E-state index in [1.54, 1.807) is 6.92 Å². The zero-order valence-electron chi connectivity index (χ0n) is 16.1. The van der Waals surface area contributed by atoms with Crippen LogP contribution in [0.15, 0.2) is 47.4 Å². The van der Waals surface area contributed by atoms with Gasteiger partial charge in [-0.3, -0.25) is 10.1 Å². The van der Waals surface area contributed by atoms with Crippen molar-refractivity contribution in [2.24, 2.45) is 7.05 Å². The molecule has 0 spiro atoms. The number of non-ortho nitro benzene ring substituents is 1. The summed E-state index contributed by atoms with van der Waals surface area (Å²) in [6, 6.07) is 11.8. The highest BCUT2D eigenvalue weighted by Gasteiger charge is 2.32. The van der Waals surface area contributed by atoms with Crippen LogP contribution in [0.5, 0.6) is 0 Å². The Morgan fingerprint density at radius 3 is 2.41 bits per heavy atom. The normalized spacial score (nSPS) is 15.7. The minimum Gasteiger partial charge on any atom is -0.340 e. The zero-order valence-corrected chi connectivity index (χ0v) is 17.0. The van der Waals surface area contributed by atoms with E-state index in [1.807, 2.05) is 35.9 Å². The van der Waals surface area contributed by atoms with Gasteiger partial charge in [0.25, 0.3) is 5.69 Å². The molecule has 0 atom stereocenters. The van der Waals surface area contributed by atoms with E-state index in [-0.39, 0.29) is 23.7 Å². The van der Waals surface area contributed by atoms with Crippen molar-refractivity contribution >= 4 is 32.7 Å². The van der Waals surface area contributed by atoms with E-state index < -0.39 is 14.9 Å². The fourth-order valence-corrected chi connectivity index (χ4v) is 5.33. The van der Waals surface area contributed by atoms with E-state index >= 15 is 0 Å². The lowest BCUT2D eigenvalue weighted by atomic mass is 10.2. The summed E-state index contributed by atoms with van der Waals surface area (Å²) in [4.78, 5) is 17.2. The number of benzene rings is 2. The SMILES string of the molecule is Cc1ccc([N+](=O)[O-])cc1S(=O)(=O)N1CCN(c2nc3ccccc3n2C)CC1. The average Bonchev–Trinajstić information content (AvgIpc) is 3.05. The van der Waals surface area contributed by atoms with E-state index in [4.69, 9.17) is 0 Å². The van der Waals surface area contributed by atoms with Crippen LogP contribution < -0.4 is 4.90 Å². The molecule has 29 heavy (non-hydrogen) atoms. The van der Waals surface area contributed by atoms with Crippen molar-refractivity contribution in [3.05, 3.63) is 58.1 Å². The number of fused-ring (bicyclic) bond motifs is 1. The van der Waals surface area contributed by atoms with Gasteiger partial charge in [0, 0.05) is 45.4 Å². The number of para-hydroxylation sites is 2. The Morgan fingerprint density at radius 1 is 1.07 bits per heavy atom. The van der Waals surface area contributed by atoms with Gasteiger partial charge >= 0.3 is 0 Å².